The van der Waals surface area contributed by atoms with Gasteiger partial charge in [-0.15, -0.1) is 0 Å². The van der Waals surface area contributed by atoms with Gasteiger partial charge >= 0.3 is 0 Å². The highest BCUT2D eigenvalue weighted by atomic mass is 16.5. The van der Waals surface area contributed by atoms with E-state index in [0.29, 0.717) is 77.0 Å². The van der Waals surface area contributed by atoms with Crippen molar-refractivity contribution < 1.29 is 28.5 Å². The van der Waals surface area contributed by atoms with Crippen LogP contribution < -0.4 is 21.6 Å². The first-order valence-electron chi connectivity index (χ1n) is 10.9. The predicted octanol–water partition coefficient (Wildman–Crippen LogP) is -0.0204. The lowest BCUT2D eigenvalue weighted by Gasteiger charge is -2.21. The third-order valence-corrected chi connectivity index (χ3v) is 4.65. The van der Waals surface area contributed by atoms with Gasteiger partial charge in [0.2, 0.25) is 11.8 Å². The summed E-state index contributed by atoms with van der Waals surface area (Å²) in [5, 5.41) is 5.97. The summed E-state index contributed by atoms with van der Waals surface area (Å²) in [6.45, 7) is 3.73. The summed E-state index contributed by atoms with van der Waals surface area (Å²) in [6.07, 6.45) is 2.41. The topological polar surface area (TPSA) is 160 Å². The molecular weight excluding hydrogens is 430 g/mol. The third-order valence-electron chi connectivity index (χ3n) is 4.65. The zero-order valence-electron chi connectivity index (χ0n) is 18.7. The van der Waals surface area contributed by atoms with Gasteiger partial charge in [-0.2, -0.15) is 5.10 Å². The summed E-state index contributed by atoms with van der Waals surface area (Å²) in [5.74, 6) is 5.10. The Balaban J connectivity index is 1.52. The second-order valence-electron chi connectivity index (χ2n) is 7.15. The second kappa shape index (κ2) is 15.9. The predicted molar refractivity (Wildman–Crippen MR) is 124 cm³/mol. The highest BCUT2D eigenvalue weighted by molar-refractivity contribution is 6.31. The molecule has 0 spiro atoms. The smallest absolute Gasteiger partial charge is 0.234 e. The molecule has 1 atom stereocenters. The van der Waals surface area contributed by atoms with E-state index in [1.165, 1.54) is 0 Å². The van der Waals surface area contributed by atoms with Crippen molar-refractivity contribution in [2.45, 2.75) is 18.8 Å². The minimum absolute atomic E-state index is 0.225. The molecule has 33 heavy (non-hydrogen) atoms. The Morgan fingerprint density at radius 3 is 2.64 bits per heavy atom. The van der Waals surface area contributed by atoms with E-state index in [1.807, 2.05) is 24.3 Å². The van der Waals surface area contributed by atoms with Gasteiger partial charge in [0, 0.05) is 19.2 Å². The van der Waals surface area contributed by atoms with Crippen LogP contribution in [-0.2, 0) is 23.8 Å². The van der Waals surface area contributed by atoms with Crippen LogP contribution in [0.25, 0.3) is 0 Å². The zero-order chi connectivity index (χ0) is 23.7. The molecule has 0 bridgehead atoms. The number of nitrogens with one attached hydrogen (secondary N) is 1. The van der Waals surface area contributed by atoms with Crippen molar-refractivity contribution in [3.8, 4) is 5.75 Å². The van der Waals surface area contributed by atoms with Gasteiger partial charge in [-0.05, 0) is 24.1 Å². The first kappa shape index (κ1) is 26.4. The van der Waals surface area contributed by atoms with E-state index in [4.69, 9.17) is 30.5 Å². The quantitative estimate of drug-likeness (QED) is 0.101. The molecule has 1 unspecified atom stereocenters. The van der Waals surface area contributed by atoms with Crippen LogP contribution in [0.4, 0.5) is 0 Å². The maximum absolute atomic E-state index is 12.0. The number of ether oxygens (including phenoxy) is 4. The summed E-state index contributed by atoms with van der Waals surface area (Å²) in [6, 6.07) is 7.35. The van der Waals surface area contributed by atoms with Crippen molar-refractivity contribution in [1.82, 2.24) is 5.32 Å². The molecule has 2 rings (SSSR count). The van der Waals surface area contributed by atoms with Crippen LogP contribution in [0.3, 0.4) is 0 Å². The molecule has 1 aromatic carbocycles. The SMILES string of the molecule is NCCOC/C(C=NCCOCCOCCOc1cccc(C2CCC(=O)NC2=O)c1)=N/N. The number of hydrazone groups is 1. The van der Waals surface area contributed by atoms with Crippen LogP contribution in [0.1, 0.15) is 24.3 Å². The summed E-state index contributed by atoms with van der Waals surface area (Å²) in [7, 11) is 0. The molecule has 5 N–H and O–H groups in total. The molecule has 0 aliphatic carbocycles. The third kappa shape index (κ3) is 10.5. The van der Waals surface area contributed by atoms with E-state index < -0.39 is 0 Å². The van der Waals surface area contributed by atoms with Crippen LogP contribution >= 0.6 is 0 Å². The van der Waals surface area contributed by atoms with Gasteiger partial charge in [0.1, 0.15) is 18.1 Å². The molecule has 1 heterocycles. The van der Waals surface area contributed by atoms with Gasteiger partial charge in [0.25, 0.3) is 0 Å². The summed E-state index contributed by atoms with van der Waals surface area (Å²) in [4.78, 5) is 27.5. The number of rotatable bonds is 16. The fourth-order valence-corrected chi connectivity index (χ4v) is 3.03. The van der Waals surface area contributed by atoms with Crippen LogP contribution in [0.15, 0.2) is 34.4 Å². The number of nitrogens with two attached hydrogens (primary N) is 2. The Bertz CT molecular complexity index is 801. The van der Waals surface area contributed by atoms with Crippen molar-refractivity contribution >= 4 is 23.7 Å². The highest BCUT2D eigenvalue weighted by Gasteiger charge is 2.27. The number of carbonyl (C=O) groups excluding carboxylic acids is 2. The van der Waals surface area contributed by atoms with Crippen molar-refractivity contribution in [2.24, 2.45) is 21.7 Å². The van der Waals surface area contributed by atoms with Gasteiger partial charge in [-0.25, -0.2) is 0 Å². The average Bonchev–Trinajstić information content (AvgIpc) is 2.81. The maximum atomic E-state index is 12.0. The molecule has 182 valence electrons. The fraction of sp³-hybridized carbons (Fsp3) is 0.545. The van der Waals surface area contributed by atoms with Crippen LogP contribution in [-0.4, -0.2) is 83.1 Å². The molecular formula is C22H33N5O6. The lowest BCUT2D eigenvalue weighted by molar-refractivity contribution is -0.134. The standard InChI is InChI=1S/C22H33N5O6/c23-6-8-32-16-18(27-24)15-25-7-9-30-10-11-31-12-13-33-19-3-1-2-17(14-19)20-4-5-21(28)26-22(20)29/h1-3,14-15,20H,4-13,16,23-24H2,(H,26,28,29)/b25-15?,27-18+. The van der Waals surface area contributed by atoms with Crippen molar-refractivity contribution in [3.63, 3.8) is 0 Å². The maximum Gasteiger partial charge on any atom is 0.234 e. The van der Waals surface area contributed by atoms with E-state index in [1.54, 1.807) is 6.21 Å². The average molecular weight is 464 g/mol. The summed E-state index contributed by atoms with van der Waals surface area (Å²) in [5.41, 5.74) is 6.72. The lowest BCUT2D eigenvalue weighted by Crippen LogP contribution is -2.39. The van der Waals surface area contributed by atoms with Gasteiger partial charge in [-0.1, -0.05) is 12.1 Å². The number of aliphatic imine (C=N–C) groups is 1. The Morgan fingerprint density at radius 2 is 1.88 bits per heavy atom. The number of nitrogens with zero attached hydrogens (tertiary/aromatic N) is 2. The Kier molecular flexibility index (Phi) is 12.7. The molecule has 1 aromatic rings. The molecule has 0 radical (unpaired) electrons. The number of hydrogen-bond acceptors (Lipinski definition) is 10. The molecule has 0 aromatic heterocycles. The van der Waals surface area contributed by atoms with Gasteiger partial charge < -0.3 is 30.5 Å². The molecule has 2 amide bonds. The van der Waals surface area contributed by atoms with E-state index in [9.17, 15) is 9.59 Å². The van der Waals surface area contributed by atoms with Crippen LogP contribution in [0.2, 0.25) is 0 Å². The van der Waals surface area contributed by atoms with Crippen molar-refractivity contribution in [3.05, 3.63) is 29.8 Å². The zero-order valence-corrected chi connectivity index (χ0v) is 18.7. The van der Waals surface area contributed by atoms with E-state index in [2.05, 4.69) is 15.4 Å². The Morgan fingerprint density at radius 1 is 1.09 bits per heavy atom. The van der Waals surface area contributed by atoms with Crippen molar-refractivity contribution in [1.29, 1.82) is 0 Å². The van der Waals surface area contributed by atoms with Gasteiger partial charge in [-0.3, -0.25) is 19.9 Å². The summed E-state index contributed by atoms with van der Waals surface area (Å²) < 4.78 is 21.9. The number of hydrogen-bond donors (Lipinski definition) is 3. The Hall–Kier alpha value is -2.86. The first-order chi connectivity index (χ1) is 16.1. The highest BCUT2D eigenvalue weighted by Crippen LogP contribution is 2.27. The minimum Gasteiger partial charge on any atom is -0.491 e. The normalized spacial score (nSPS) is 16.9. The molecule has 11 nitrogen and oxygen atoms in total. The number of carbonyl (C=O) groups is 2. The number of imide groups is 1. The molecule has 1 fully saturated rings. The van der Waals surface area contributed by atoms with Crippen molar-refractivity contribution in [2.75, 3.05) is 59.3 Å². The van der Waals surface area contributed by atoms with Crippen LogP contribution in [0.5, 0.6) is 5.75 Å². The molecule has 0 saturated carbocycles. The first-order valence-corrected chi connectivity index (χ1v) is 10.9. The lowest BCUT2D eigenvalue weighted by atomic mass is 9.90. The number of piperidine rings is 1. The minimum atomic E-state index is -0.331. The van der Waals surface area contributed by atoms with E-state index in [-0.39, 0.29) is 24.3 Å². The Labute approximate surface area is 193 Å². The number of benzene rings is 1. The molecule has 1 aliphatic heterocycles. The fourth-order valence-electron chi connectivity index (χ4n) is 3.03. The van der Waals surface area contributed by atoms with E-state index in [0.717, 1.165) is 5.56 Å². The van der Waals surface area contributed by atoms with Gasteiger partial charge in [0.15, 0.2) is 0 Å². The monoisotopic (exact) mass is 463 g/mol. The molecule has 11 heteroatoms. The number of amides is 2. The largest absolute Gasteiger partial charge is 0.491 e. The molecule has 1 saturated heterocycles. The molecule has 1 aliphatic rings. The van der Waals surface area contributed by atoms with E-state index >= 15 is 0 Å². The van der Waals surface area contributed by atoms with Crippen LogP contribution in [0, 0.1) is 0 Å². The van der Waals surface area contributed by atoms with Gasteiger partial charge in [0.05, 0.1) is 52.1 Å². The summed E-state index contributed by atoms with van der Waals surface area (Å²) >= 11 is 0. The second-order valence-corrected chi connectivity index (χ2v) is 7.15.